The van der Waals surface area contributed by atoms with E-state index in [9.17, 15) is 12.8 Å². The van der Waals surface area contributed by atoms with Crippen LogP contribution in [-0.4, -0.2) is 30.8 Å². The molecule has 0 fully saturated rings. The molecule has 4 rings (SSSR count). The van der Waals surface area contributed by atoms with Gasteiger partial charge in [-0.1, -0.05) is 17.7 Å². The molecular formula is C20H20BrClFN7O2S. The Morgan fingerprint density at radius 3 is 2.70 bits per heavy atom. The first-order chi connectivity index (χ1) is 15.8. The second-order valence-electron chi connectivity index (χ2n) is 7.19. The van der Waals surface area contributed by atoms with Gasteiger partial charge in [-0.25, -0.2) is 28.0 Å². The lowest BCUT2D eigenvalue weighted by molar-refractivity contribution is 0.573. The maximum absolute atomic E-state index is 13.9. The maximum atomic E-state index is 13.9. The van der Waals surface area contributed by atoms with Crippen LogP contribution in [0.25, 0.3) is 22.6 Å². The number of sulfonamides is 1. The Kier molecular flexibility index (Phi) is 7.29. The molecular weight excluding hydrogens is 537 g/mol. The van der Waals surface area contributed by atoms with Gasteiger partial charge in [0.15, 0.2) is 0 Å². The zero-order valence-corrected chi connectivity index (χ0v) is 20.3. The van der Waals surface area contributed by atoms with Gasteiger partial charge in [-0.2, -0.15) is 0 Å². The zero-order chi connectivity index (χ0) is 23.4. The molecule has 174 valence electrons. The number of nitrogens with zero attached hydrogens (tertiary/aromatic N) is 2. The number of halogens is 3. The summed E-state index contributed by atoms with van der Waals surface area (Å²) in [7, 11) is -3.83. The van der Waals surface area contributed by atoms with Crippen molar-refractivity contribution in [2.24, 2.45) is 5.10 Å². The fraction of sp³-hybridized carbons (Fsp3) is 0.200. The first-order valence-corrected chi connectivity index (χ1v) is 12.6. The average molecular weight is 557 g/mol. The number of hydrazone groups is 1. The van der Waals surface area contributed by atoms with Crippen LogP contribution in [-0.2, 0) is 10.0 Å². The van der Waals surface area contributed by atoms with Crippen molar-refractivity contribution in [3.8, 4) is 22.6 Å². The molecule has 0 unspecified atom stereocenters. The third-order valence-corrected chi connectivity index (χ3v) is 7.47. The number of nitrogens with one attached hydrogen (secondary N) is 5. The second kappa shape index (κ2) is 10.2. The maximum Gasteiger partial charge on any atom is 0.242 e. The molecule has 1 aliphatic heterocycles. The van der Waals surface area contributed by atoms with E-state index >= 15 is 0 Å². The number of unbranched alkanes of at least 4 members (excludes halogenated alkanes) is 1. The van der Waals surface area contributed by atoms with E-state index in [0.717, 1.165) is 12.3 Å². The van der Waals surface area contributed by atoms with Gasteiger partial charge < -0.3 is 4.98 Å². The molecule has 13 heteroatoms. The summed E-state index contributed by atoms with van der Waals surface area (Å²) in [5.74, 6) is 0.807. The van der Waals surface area contributed by atoms with Gasteiger partial charge in [-0.15, -0.1) is 10.6 Å². The molecule has 33 heavy (non-hydrogen) atoms. The van der Waals surface area contributed by atoms with E-state index < -0.39 is 15.8 Å². The van der Waals surface area contributed by atoms with Crippen LogP contribution in [0.2, 0.25) is 5.02 Å². The van der Waals surface area contributed by atoms with Gasteiger partial charge in [0.05, 0.1) is 21.4 Å². The van der Waals surface area contributed by atoms with Gasteiger partial charge in [0.2, 0.25) is 10.0 Å². The molecule has 0 radical (unpaired) electrons. The van der Waals surface area contributed by atoms with E-state index in [0.29, 0.717) is 40.0 Å². The second-order valence-corrected chi connectivity index (χ2v) is 10.2. The highest BCUT2D eigenvalue weighted by molar-refractivity contribution is 9.10. The summed E-state index contributed by atoms with van der Waals surface area (Å²) >= 11 is 9.32. The van der Waals surface area contributed by atoms with Gasteiger partial charge in [-0.05, 0) is 59.1 Å². The molecule has 2 heterocycles. The lowest BCUT2D eigenvalue weighted by Crippen LogP contribution is -2.34. The lowest BCUT2D eigenvalue weighted by Gasteiger charge is -2.10. The van der Waals surface area contributed by atoms with Crippen molar-refractivity contribution in [3.05, 3.63) is 57.9 Å². The molecule has 0 spiro atoms. The van der Waals surface area contributed by atoms with Gasteiger partial charge >= 0.3 is 0 Å². The molecule has 0 saturated heterocycles. The van der Waals surface area contributed by atoms with Crippen LogP contribution in [0.1, 0.15) is 19.3 Å². The minimum absolute atomic E-state index is 0.0375. The molecule has 5 N–H and O–H groups in total. The summed E-state index contributed by atoms with van der Waals surface area (Å²) in [6, 6.07) is 9.37. The SMILES string of the molecule is O=S(=O)(NCCCCC1=NNNN1)c1cc(-c2ncc(-c3ccc(Br)c(F)c3)[nH]2)ccc1Cl. The van der Waals surface area contributed by atoms with Crippen LogP contribution < -0.4 is 21.2 Å². The third-order valence-electron chi connectivity index (χ3n) is 4.89. The quantitative estimate of drug-likeness (QED) is 0.256. The Balaban J connectivity index is 1.45. The molecule has 0 saturated carbocycles. The van der Waals surface area contributed by atoms with E-state index in [1.165, 1.54) is 18.2 Å². The van der Waals surface area contributed by atoms with Crippen LogP contribution in [0.4, 0.5) is 4.39 Å². The summed E-state index contributed by atoms with van der Waals surface area (Å²) in [5, 5.41) is 4.07. The topological polar surface area (TPSA) is 123 Å². The van der Waals surface area contributed by atoms with Crippen LogP contribution in [0.15, 0.2) is 57.1 Å². The van der Waals surface area contributed by atoms with Crippen molar-refractivity contribution in [2.45, 2.75) is 24.2 Å². The number of hydrogen-bond acceptors (Lipinski definition) is 7. The molecule has 0 bridgehead atoms. The van der Waals surface area contributed by atoms with E-state index in [1.54, 1.807) is 24.4 Å². The average Bonchev–Trinajstić information content (AvgIpc) is 3.48. The highest BCUT2D eigenvalue weighted by Gasteiger charge is 2.19. The van der Waals surface area contributed by atoms with Crippen LogP contribution >= 0.6 is 27.5 Å². The number of benzene rings is 2. The first kappa shape index (κ1) is 23.6. The molecule has 0 atom stereocenters. The normalized spacial score (nSPS) is 13.5. The standard InChI is InChI=1S/C20H20BrClFN7O2S/c21-14-6-4-12(9-16(14)23)17-11-24-20(26-17)13-5-7-15(22)18(10-13)33(31,32)25-8-2-1-3-19-27-29-30-28-19/h4-7,9-11,25,29-30H,1-3,8H2,(H,24,26)(H,27,28). The number of imidazole rings is 1. The van der Waals surface area contributed by atoms with Gasteiger partial charge in [0.1, 0.15) is 22.4 Å². The monoisotopic (exact) mass is 555 g/mol. The Hall–Kier alpha value is -2.51. The number of aromatic amines is 1. The van der Waals surface area contributed by atoms with Crippen molar-refractivity contribution in [1.82, 2.24) is 31.2 Å². The molecule has 0 aliphatic carbocycles. The van der Waals surface area contributed by atoms with Crippen molar-refractivity contribution in [1.29, 1.82) is 0 Å². The van der Waals surface area contributed by atoms with Gasteiger partial charge in [-0.3, -0.25) is 5.43 Å². The highest BCUT2D eigenvalue weighted by Crippen LogP contribution is 2.29. The number of rotatable bonds is 9. The van der Waals surface area contributed by atoms with Crippen LogP contribution in [0, 0.1) is 5.82 Å². The molecule has 1 aliphatic rings. The van der Waals surface area contributed by atoms with E-state index in [2.05, 4.69) is 52.2 Å². The van der Waals surface area contributed by atoms with Crippen molar-refractivity contribution in [2.75, 3.05) is 6.54 Å². The summed E-state index contributed by atoms with van der Waals surface area (Å²) in [6.45, 7) is 0.261. The largest absolute Gasteiger partial charge is 0.338 e. The molecule has 3 aromatic rings. The summed E-state index contributed by atoms with van der Waals surface area (Å²) in [6.07, 6.45) is 3.62. The zero-order valence-electron chi connectivity index (χ0n) is 17.1. The Morgan fingerprint density at radius 2 is 1.94 bits per heavy atom. The number of H-pyrrole nitrogens is 1. The molecule has 9 nitrogen and oxygen atoms in total. The first-order valence-electron chi connectivity index (χ1n) is 9.96. The number of amidine groups is 1. The number of hydrazine groups is 2. The summed E-state index contributed by atoms with van der Waals surface area (Å²) < 4.78 is 42.5. The Morgan fingerprint density at radius 1 is 1.12 bits per heavy atom. The number of hydrogen-bond donors (Lipinski definition) is 5. The predicted octanol–water partition coefficient (Wildman–Crippen LogP) is 3.67. The minimum atomic E-state index is -3.83. The smallest absolute Gasteiger partial charge is 0.242 e. The van der Waals surface area contributed by atoms with E-state index in [1.807, 2.05) is 0 Å². The molecule has 0 amide bonds. The van der Waals surface area contributed by atoms with Crippen molar-refractivity contribution < 1.29 is 12.8 Å². The number of aromatic nitrogens is 2. The summed E-state index contributed by atoms with van der Waals surface area (Å²) in [4.78, 5) is 7.38. The van der Waals surface area contributed by atoms with E-state index in [-0.39, 0.29) is 16.5 Å². The Bertz CT molecular complexity index is 1300. The predicted molar refractivity (Wildman–Crippen MR) is 128 cm³/mol. The highest BCUT2D eigenvalue weighted by atomic mass is 79.9. The fourth-order valence-corrected chi connectivity index (χ4v) is 5.02. The fourth-order valence-electron chi connectivity index (χ4n) is 3.18. The lowest BCUT2D eigenvalue weighted by atomic mass is 10.2. The Labute approximate surface area is 203 Å². The van der Waals surface area contributed by atoms with Crippen LogP contribution in [0.5, 0.6) is 0 Å². The van der Waals surface area contributed by atoms with Gasteiger partial charge in [0, 0.05) is 24.1 Å². The summed E-state index contributed by atoms with van der Waals surface area (Å²) in [5.41, 5.74) is 9.80. The third kappa shape index (κ3) is 5.71. The minimum Gasteiger partial charge on any atom is -0.338 e. The molecule has 1 aromatic heterocycles. The molecule has 2 aromatic carbocycles. The van der Waals surface area contributed by atoms with Crippen molar-refractivity contribution >= 4 is 43.4 Å². The van der Waals surface area contributed by atoms with E-state index in [4.69, 9.17) is 11.6 Å². The van der Waals surface area contributed by atoms with Crippen molar-refractivity contribution in [3.63, 3.8) is 0 Å². The van der Waals surface area contributed by atoms with Gasteiger partial charge in [0.25, 0.3) is 0 Å². The van der Waals surface area contributed by atoms with Crippen LogP contribution in [0.3, 0.4) is 0 Å².